The van der Waals surface area contributed by atoms with Crippen molar-refractivity contribution in [2.24, 2.45) is 0 Å². The zero-order valence-corrected chi connectivity index (χ0v) is 14.1. The Morgan fingerprint density at radius 2 is 1.88 bits per heavy atom. The summed E-state index contributed by atoms with van der Waals surface area (Å²) in [6.07, 6.45) is 0. The smallest absolute Gasteiger partial charge is 0.0741 e. The molecule has 1 unspecified atom stereocenters. The summed E-state index contributed by atoms with van der Waals surface area (Å²) >= 11 is 12.5. The summed E-state index contributed by atoms with van der Waals surface area (Å²) < 4.78 is 2.29. The van der Waals surface area contributed by atoms with Crippen molar-refractivity contribution in [3.63, 3.8) is 0 Å². The van der Waals surface area contributed by atoms with Crippen LogP contribution in [0.1, 0.15) is 20.8 Å². The number of hydrogen-bond acceptors (Lipinski definition) is 1. The Balaban J connectivity index is 2.37. The molecule has 0 radical (unpaired) electrons. The van der Waals surface area contributed by atoms with Crippen molar-refractivity contribution in [1.82, 2.24) is 0 Å². The first-order valence-electron chi connectivity index (χ1n) is 4.73. The van der Waals surface area contributed by atoms with Crippen molar-refractivity contribution in [2.45, 2.75) is 11.8 Å². The molecule has 1 atom stereocenters. The highest BCUT2D eigenvalue weighted by Gasteiger charge is 2.14. The normalized spacial score (nSPS) is 12.8. The van der Waals surface area contributed by atoms with Crippen LogP contribution in [0, 0.1) is 6.92 Å². The van der Waals surface area contributed by atoms with Gasteiger partial charge in [-0.2, -0.15) is 0 Å². The number of aryl methyl sites for hydroxylation is 1. The molecule has 0 fully saturated rings. The van der Waals surface area contributed by atoms with E-state index in [9.17, 15) is 0 Å². The molecule has 1 aromatic heterocycles. The third-order valence-corrected chi connectivity index (χ3v) is 5.82. The molecule has 1 aromatic carbocycles. The average molecular weight is 425 g/mol. The van der Waals surface area contributed by atoms with Crippen LogP contribution in [0.2, 0.25) is 0 Å². The summed E-state index contributed by atoms with van der Waals surface area (Å²) in [7, 11) is 0. The molecule has 1 heterocycles. The molecule has 0 nitrogen and oxygen atoms in total. The summed E-state index contributed by atoms with van der Waals surface area (Å²) in [5, 5.41) is 0. The lowest BCUT2D eigenvalue weighted by Gasteiger charge is -2.11. The SMILES string of the molecule is Cc1cc(Br)ccc1C(Br)c1ccc(Br)s1. The fourth-order valence-corrected chi connectivity index (χ4v) is 4.38. The number of halogens is 3. The van der Waals surface area contributed by atoms with E-state index in [1.165, 1.54) is 19.8 Å². The zero-order chi connectivity index (χ0) is 11.7. The number of rotatable bonds is 2. The topological polar surface area (TPSA) is 0 Å². The quantitative estimate of drug-likeness (QED) is 0.513. The van der Waals surface area contributed by atoms with Gasteiger partial charge in [0.25, 0.3) is 0 Å². The van der Waals surface area contributed by atoms with Crippen LogP contribution in [0.5, 0.6) is 0 Å². The molecule has 0 amide bonds. The van der Waals surface area contributed by atoms with Gasteiger partial charge in [0.2, 0.25) is 0 Å². The van der Waals surface area contributed by atoms with Crippen LogP contribution >= 0.6 is 59.1 Å². The zero-order valence-electron chi connectivity index (χ0n) is 8.51. The average Bonchev–Trinajstić information content (AvgIpc) is 2.64. The Labute approximate surface area is 124 Å². The van der Waals surface area contributed by atoms with Gasteiger partial charge >= 0.3 is 0 Å². The second kappa shape index (κ2) is 5.34. The van der Waals surface area contributed by atoms with Gasteiger partial charge in [-0.15, -0.1) is 11.3 Å². The van der Waals surface area contributed by atoms with E-state index in [2.05, 4.69) is 85.0 Å². The maximum atomic E-state index is 3.76. The fraction of sp³-hybridized carbons (Fsp3) is 0.167. The second-order valence-electron chi connectivity index (χ2n) is 3.51. The monoisotopic (exact) mass is 422 g/mol. The molecule has 0 aliphatic heterocycles. The Kier molecular flexibility index (Phi) is 4.27. The molecule has 0 saturated heterocycles. The van der Waals surface area contributed by atoms with Gasteiger partial charge in [-0.3, -0.25) is 0 Å². The van der Waals surface area contributed by atoms with E-state index in [0.717, 1.165) is 4.47 Å². The van der Waals surface area contributed by atoms with Crippen LogP contribution in [-0.4, -0.2) is 0 Å². The molecule has 0 aliphatic carbocycles. The van der Waals surface area contributed by atoms with Gasteiger partial charge in [0.05, 0.1) is 8.61 Å². The summed E-state index contributed by atoms with van der Waals surface area (Å²) in [6, 6.07) is 10.6. The van der Waals surface area contributed by atoms with Crippen LogP contribution in [0.4, 0.5) is 0 Å². The maximum absolute atomic E-state index is 3.76. The van der Waals surface area contributed by atoms with E-state index >= 15 is 0 Å². The minimum Gasteiger partial charge on any atom is -0.132 e. The van der Waals surface area contributed by atoms with Crippen molar-refractivity contribution in [3.8, 4) is 0 Å². The molecule has 0 spiro atoms. The first-order valence-corrected chi connectivity index (χ1v) is 8.05. The molecular weight excluding hydrogens is 416 g/mol. The van der Waals surface area contributed by atoms with Crippen LogP contribution < -0.4 is 0 Å². The van der Waals surface area contributed by atoms with Gasteiger partial charge in [-0.25, -0.2) is 0 Å². The summed E-state index contributed by atoms with van der Waals surface area (Å²) in [5.74, 6) is 0. The highest BCUT2D eigenvalue weighted by molar-refractivity contribution is 9.11. The molecular formula is C12H9Br3S. The first kappa shape index (κ1) is 12.8. The molecule has 0 bridgehead atoms. The summed E-state index contributed by atoms with van der Waals surface area (Å²) in [6.45, 7) is 2.14. The standard InChI is InChI=1S/C12H9Br3S/c1-7-6-8(13)2-3-9(7)12(15)10-4-5-11(14)16-10/h2-6,12H,1H3. The van der Waals surface area contributed by atoms with E-state index in [-0.39, 0.29) is 4.83 Å². The number of thiophene rings is 1. The van der Waals surface area contributed by atoms with Crippen LogP contribution in [-0.2, 0) is 0 Å². The fourth-order valence-electron chi connectivity index (χ4n) is 1.54. The Morgan fingerprint density at radius 1 is 1.12 bits per heavy atom. The van der Waals surface area contributed by atoms with E-state index in [4.69, 9.17) is 0 Å². The first-order chi connectivity index (χ1) is 7.58. The molecule has 84 valence electrons. The van der Waals surface area contributed by atoms with Gasteiger partial charge < -0.3 is 0 Å². The lowest BCUT2D eigenvalue weighted by molar-refractivity contribution is 1.17. The third kappa shape index (κ3) is 2.78. The second-order valence-corrected chi connectivity index (χ2v) is 7.83. The van der Waals surface area contributed by atoms with Gasteiger partial charge in [-0.1, -0.05) is 37.9 Å². The molecule has 0 saturated carbocycles. The molecule has 2 aromatic rings. The summed E-state index contributed by atoms with van der Waals surface area (Å²) in [4.78, 5) is 1.59. The van der Waals surface area contributed by atoms with Crippen LogP contribution in [0.3, 0.4) is 0 Å². The highest BCUT2D eigenvalue weighted by atomic mass is 79.9. The van der Waals surface area contributed by atoms with Crippen molar-refractivity contribution < 1.29 is 0 Å². The minimum atomic E-state index is 0.275. The molecule has 4 heteroatoms. The number of hydrogen-bond donors (Lipinski definition) is 0. The highest BCUT2D eigenvalue weighted by Crippen LogP contribution is 2.38. The predicted octanol–water partition coefficient (Wildman–Crippen LogP) is 6.07. The van der Waals surface area contributed by atoms with Crippen molar-refractivity contribution >= 4 is 59.1 Å². The Hall–Kier alpha value is 0.360. The molecule has 0 aliphatic rings. The van der Waals surface area contributed by atoms with E-state index in [1.807, 2.05) is 0 Å². The number of alkyl halides is 1. The lowest BCUT2D eigenvalue weighted by atomic mass is 10.1. The Morgan fingerprint density at radius 3 is 2.44 bits per heavy atom. The van der Waals surface area contributed by atoms with Crippen molar-refractivity contribution in [2.75, 3.05) is 0 Å². The van der Waals surface area contributed by atoms with E-state index < -0.39 is 0 Å². The number of benzene rings is 1. The molecule has 2 rings (SSSR count). The van der Waals surface area contributed by atoms with Gasteiger partial charge in [0.1, 0.15) is 0 Å². The maximum Gasteiger partial charge on any atom is 0.0741 e. The summed E-state index contributed by atoms with van der Waals surface area (Å²) in [5.41, 5.74) is 2.61. The Bertz CT molecular complexity index is 505. The van der Waals surface area contributed by atoms with Gasteiger partial charge in [0, 0.05) is 9.35 Å². The predicted molar refractivity (Wildman–Crippen MR) is 81.7 cm³/mol. The molecule has 16 heavy (non-hydrogen) atoms. The third-order valence-electron chi connectivity index (χ3n) is 2.35. The minimum absolute atomic E-state index is 0.275. The van der Waals surface area contributed by atoms with Crippen molar-refractivity contribution in [3.05, 3.63) is 54.6 Å². The van der Waals surface area contributed by atoms with Gasteiger partial charge in [0.15, 0.2) is 0 Å². The van der Waals surface area contributed by atoms with Crippen LogP contribution in [0.25, 0.3) is 0 Å². The van der Waals surface area contributed by atoms with Gasteiger partial charge in [-0.05, 0) is 58.2 Å². The molecule has 0 N–H and O–H groups in total. The van der Waals surface area contributed by atoms with Crippen LogP contribution in [0.15, 0.2) is 38.6 Å². The lowest BCUT2D eigenvalue weighted by Crippen LogP contribution is -1.93. The largest absolute Gasteiger partial charge is 0.132 e. The van der Waals surface area contributed by atoms with Crippen molar-refractivity contribution in [1.29, 1.82) is 0 Å². The van der Waals surface area contributed by atoms with E-state index in [0.29, 0.717) is 0 Å². The van der Waals surface area contributed by atoms with E-state index in [1.54, 1.807) is 11.3 Å².